The zero-order chi connectivity index (χ0) is 18.6. The molecule has 0 bridgehead atoms. The van der Waals surface area contributed by atoms with Crippen LogP contribution in [0.4, 0.5) is 0 Å². The van der Waals surface area contributed by atoms with Crippen molar-refractivity contribution in [2.75, 3.05) is 6.26 Å². The monoisotopic (exact) mass is 580 g/mol. The highest BCUT2D eigenvalue weighted by Crippen LogP contribution is 2.28. The molecular formula is C18H18I2N2O2S. The lowest BCUT2D eigenvalue weighted by molar-refractivity contribution is -0.125. The van der Waals surface area contributed by atoms with Gasteiger partial charge in [0, 0.05) is 8.96 Å². The zero-order valence-corrected chi connectivity index (χ0v) is 19.4. The fourth-order valence-electron chi connectivity index (χ4n) is 2.22. The highest BCUT2D eigenvalue weighted by Gasteiger charge is 2.26. The van der Waals surface area contributed by atoms with Gasteiger partial charge in [-0.3, -0.25) is 4.79 Å². The van der Waals surface area contributed by atoms with Gasteiger partial charge in [-0.05, 0) is 84.3 Å². The minimum absolute atomic E-state index is 0.222. The number of aromatic nitrogens is 1. The van der Waals surface area contributed by atoms with Crippen LogP contribution in [-0.4, -0.2) is 28.1 Å². The van der Waals surface area contributed by atoms with Crippen LogP contribution in [0.1, 0.15) is 20.8 Å². The molecule has 0 saturated carbocycles. The first-order valence-electron chi connectivity index (χ1n) is 7.47. The lowest BCUT2D eigenvalue weighted by atomic mass is 10.1. The second kappa shape index (κ2) is 8.77. The normalized spacial score (nSPS) is 12.2. The number of hydrogen-bond donors (Lipinski definition) is 1. The molecule has 7 heteroatoms. The summed E-state index contributed by atoms with van der Waals surface area (Å²) < 4.78 is 7.83. The standard InChI is InChI=1S/C18H18I2N2O2S/c1-5-9-18(2,3)22-15(23)17(25-4)24-16-13(20)10-11-7-6-8-12(19)14(11)21-16/h6-8,10,17H,1-4H3,(H,22,23). The number of amides is 1. The Morgan fingerprint density at radius 3 is 2.72 bits per heavy atom. The lowest BCUT2D eigenvalue weighted by Gasteiger charge is -2.24. The summed E-state index contributed by atoms with van der Waals surface area (Å²) in [6.45, 7) is 5.47. The van der Waals surface area contributed by atoms with Crippen LogP contribution in [0.15, 0.2) is 24.3 Å². The van der Waals surface area contributed by atoms with Crippen molar-refractivity contribution in [3.8, 4) is 17.7 Å². The number of benzene rings is 1. The summed E-state index contributed by atoms with van der Waals surface area (Å²) in [6.07, 6.45) is 1.83. The molecule has 1 atom stereocenters. The van der Waals surface area contributed by atoms with Crippen molar-refractivity contribution in [1.82, 2.24) is 10.3 Å². The van der Waals surface area contributed by atoms with Crippen molar-refractivity contribution in [3.63, 3.8) is 0 Å². The van der Waals surface area contributed by atoms with E-state index in [9.17, 15) is 4.79 Å². The third-order valence-electron chi connectivity index (χ3n) is 3.24. The van der Waals surface area contributed by atoms with Crippen LogP contribution in [0.5, 0.6) is 5.88 Å². The third-order valence-corrected chi connectivity index (χ3v) is 5.62. The maximum atomic E-state index is 12.6. The fourth-order valence-corrected chi connectivity index (χ4v) is 3.91. The first kappa shape index (κ1) is 20.6. The third kappa shape index (κ3) is 5.37. The van der Waals surface area contributed by atoms with Gasteiger partial charge in [-0.2, -0.15) is 0 Å². The second-order valence-electron chi connectivity index (χ2n) is 5.76. The number of ether oxygens (including phenoxy) is 1. The number of halogens is 2. The summed E-state index contributed by atoms with van der Waals surface area (Å²) in [4.78, 5) is 17.2. The van der Waals surface area contributed by atoms with Gasteiger partial charge in [0.1, 0.15) is 0 Å². The molecule has 1 aromatic carbocycles. The van der Waals surface area contributed by atoms with E-state index in [0.717, 1.165) is 18.0 Å². The number of thioether (sulfide) groups is 1. The molecule has 0 spiro atoms. The molecule has 132 valence electrons. The molecule has 1 N–H and O–H groups in total. The highest BCUT2D eigenvalue weighted by molar-refractivity contribution is 14.1. The fraction of sp³-hybridized carbons (Fsp3) is 0.333. The summed E-state index contributed by atoms with van der Waals surface area (Å²) in [7, 11) is 0. The average Bonchev–Trinajstić information content (AvgIpc) is 2.52. The van der Waals surface area contributed by atoms with Crippen LogP contribution in [-0.2, 0) is 4.79 Å². The van der Waals surface area contributed by atoms with E-state index in [1.807, 2.05) is 44.4 Å². The van der Waals surface area contributed by atoms with E-state index in [1.165, 1.54) is 11.8 Å². The van der Waals surface area contributed by atoms with Crippen molar-refractivity contribution in [2.24, 2.45) is 0 Å². The topological polar surface area (TPSA) is 51.2 Å². The summed E-state index contributed by atoms with van der Waals surface area (Å²) >= 11 is 5.75. The molecule has 0 aliphatic heterocycles. The molecule has 1 heterocycles. The molecule has 25 heavy (non-hydrogen) atoms. The summed E-state index contributed by atoms with van der Waals surface area (Å²) in [5, 5.41) is 3.96. The maximum absolute atomic E-state index is 12.6. The van der Waals surface area contributed by atoms with Crippen molar-refractivity contribution in [3.05, 3.63) is 31.4 Å². The van der Waals surface area contributed by atoms with Crippen LogP contribution in [0.25, 0.3) is 10.9 Å². The van der Waals surface area contributed by atoms with E-state index in [1.54, 1.807) is 6.92 Å². The minimum atomic E-state index is -0.697. The number of fused-ring (bicyclic) bond motifs is 1. The van der Waals surface area contributed by atoms with E-state index < -0.39 is 11.0 Å². The predicted molar refractivity (Wildman–Crippen MR) is 121 cm³/mol. The molecule has 4 nitrogen and oxygen atoms in total. The molecule has 1 amide bonds. The number of para-hydroxylation sites is 1. The van der Waals surface area contributed by atoms with E-state index in [0.29, 0.717) is 5.88 Å². The first-order chi connectivity index (χ1) is 11.8. The van der Waals surface area contributed by atoms with Crippen LogP contribution in [0.3, 0.4) is 0 Å². The van der Waals surface area contributed by atoms with Gasteiger partial charge in [0.05, 0.1) is 14.6 Å². The van der Waals surface area contributed by atoms with Gasteiger partial charge in [-0.15, -0.1) is 17.7 Å². The molecule has 0 saturated heterocycles. The Bertz CT molecular complexity index is 859. The second-order valence-corrected chi connectivity index (χ2v) is 8.99. The number of nitrogens with zero attached hydrogens (tertiary/aromatic N) is 1. The predicted octanol–water partition coefficient (Wildman–Crippen LogP) is 4.43. The van der Waals surface area contributed by atoms with Crippen LogP contribution < -0.4 is 10.1 Å². The maximum Gasteiger partial charge on any atom is 0.272 e. The van der Waals surface area contributed by atoms with Gasteiger partial charge in [0.2, 0.25) is 11.3 Å². The Kier molecular flexibility index (Phi) is 7.22. The lowest BCUT2D eigenvalue weighted by Crippen LogP contribution is -2.47. The van der Waals surface area contributed by atoms with Gasteiger partial charge in [-0.1, -0.05) is 18.1 Å². The van der Waals surface area contributed by atoms with Gasteiger partial charge >= 0.3 is 0 Å². The first-order valence-corrected chi connectivity index (χ1v) is 10.9. The van der Waals surface area contributed by atoms with E-state index in [-0.39, 0.29) is 5.91 Å². The summed E-state index contributed by atoms with van der Waals surface area (Å²) in [6, 6.07) is 8.03. The van der Waals surface area contributed by atoms with E-state index >= 15 is 0 Å². The van der Waals surface area contributed by atoms with Gasteiger partial charge in [-0.25, -0.2) is 4.98 Å². The largest absolute Gasteiger partial charge is 0.452 e. The quantitative estimate of drug-likeness (QED) is 0.323. The highest BCUT2D eigenvalue weighted by atomic mass is 127. The van der Waals surface area contributed by atoms with Crippen LogP contribution in [0.2, 0.25) is 0 Å². The Balaban J connectivity index is 2.27. The molecule has 2 rings (SSSR count). The number of pyridine rings is 1. The Morgan fingerprint density at radius 2 is 2.08 bits per heavy atom. The number of carbonyl (C=O) groups excluding carboxylic acids is 1. The molecule has 0 aliphatic rings. The summed E-state index contributed by atoms with van der Waals surface area (Å²) in [5.74, 6) is 6.04. The Hall–Kier alpha value is -0.730. The van der Waals surface area contributed by atoms with Crippen molar-refractivity contribution in [2.45, 2.75) is 31.7 Å². The molecule has 0 fully saturated rings. The van der Waals surface area contributed by atoms with Gasteiger partial charge < -0.3 is 10.1 Å². The Morgan fingerprint density at radius 1 is 1.36 bits per heavy atom. The molecule has 2 aromatic rings. The Labute approximate surface area is 179 Å². The van der Waals surface area contributed by atoms with Crippen molar-refractivity contribution < 1.29 is 9.53 Å². The zero-order valence-electron chi connectivity index (χ0n) is 14.3. The van der Waals surface area contributed by atoms with Gasteiger partial charge in [0.15, 0.2) is 0 Å². The molecule has 1 aromatic heterocycles. The SMILES string of the molecule is CC#CC(C)(C)NC(=O)C(Oc1nc2c(I)cccc2cc1I)SC. The summed E-state index contributed by atoms with van der Waals surface area (Å²) in [5.41, 5.74) is -0.434. The molecule has 1 unspecified atom stereocenters. The number of rotatable bonds is 5. The number of nitrogens with one attached hydrogen (secondary N) is 1. The van der Waals surface area contributed by atoms with E-state index in [2.05, 4.69) is 67.3 Å². The average molecular weight is 580 g/mol. The molecule has 0 aliphatic carbocycles. The number of hydrogen-bond acceptors (Lipinski definition) is 4. The van der Waals surface area contributed by atoms with Crippen LogP contribution in [0, 0.1) is 19.0 Å². The molecular weight excluding hydrogens is 562 g/mol. The number of carbonyl (C=O) groups is 1. The smallest absolute Gasteiger partial charge is 0.272 e. The van der Waals surface area contributed by atoms with Gasteiger partial charge in [0.25, 0.3) is 5.91 Å². The molecule has 0 radical (unpaired) electrons. The van der Waals surface area contributed by atoms with E-state index in [4.69, 9.17) is 4.74 Å². The van der Waals surface area contributed by atoms with Crippen molar-refractivity contribution in [1.29, 1.82) is 0 Å². The van der Waals surface area contributed by atoms with Crippen molar-refractivity contribution >= 4 is 73.8 Å². The van der Waals surface area contributed by atoms with Crippen LogP contribution >= 0.6 is 56.9 Å². The minimum Gasteiger partial charge on any atom is -0.452 e.